The van der Waals surface area contributed by atoms with Crippen molar-refractivity contribution < 1.29 is 9.18 Å². The Labute approximate surface area is 108 Å². The van der Waals surface area contributed by atoms with Gasteiger partial charge in [-0.2, -0.15) is 0 Å². The van der Waals surface area contributed by atoms with Gasteiger partial charge in [0.1, 0.15) is 5.82 Å². The second kappa shape index (κ2) is 5.14. The zero-order chi connectivity index (χ0) is 12.4. The van der Waals surface area contributed by atoms with Gasteiger partial charge in [0.15, 0.2) is 0 Å². The zero-order valence-electron chi connectivity index (χ0n) is 9.33. The molecule has 0 radical (unpaired) electrons. The molecular formula is C12H14BrFN2O. The number of nitrogens with zero attached hydrogens (tertiary/aromatic N) is 1. The smallest absolute Gasteiger partial charge is 0.254 e. The largest absolute Gasteiger partial charge is 0.334 e. The van der Waals surface area contributed by atoms with Gasteiger partial charge in [0.25, 0.3) is 5.91 Å². The predicted octanol–water partition coefficient (Wildman–Crippen LogP) is 2.15. The average molecular weight is 301 g/mol. The van der Waals surface area contributed by atoms with Crippen LogP contribution >= 0.6 is 15.9 Å². The maximum absolute atomic E-state index is 13.2. The molecule has 3 nitrogen and oxygen atoms in total. The van der Waals surface area contributed by atoms with E-state index in [1.54, 1.807) is 11.0 Å². The maximum atomic E-state index is 13.2. The number of hydrogen-bond acceptors (Lipinski definition) is 2. The van der Waals surface area contributed by atoms with Crippen LogP contribution in [-0.4, -0.2) is 29.9 Å². The summed E-state index contributed by atoms with van der Waals surface area (Å²) in [7, 11) is 0. The van der Waals surface area contributed by atoms with Crippen molar-refractivity contribution >= 4 is 21.8 Å². The minimum atomic E-state index is -0.411. The van der Waals surface area contributed by atoms with Gasteiger partial charge in [0, 0.05) is 29.2 Å². The summed E-state index contributed by atoms with van der Waals surface area (Å²) in [4.78, 5) is 13.9. The number of carbonyl (C=O) groups is 1. The number of amides is 1. The maximum Gasteiger partial charge on any atom is 0.254 e. The SMILES string of the molecule is NC[C@@H]1CCCN1C(=O)c1cc(F)cc(Br)c1. The van der Waals surface area contributed by atoms with Crippen molar-refractivity contribution in [3.05, 3.63) is 34.1 Å². The summed E-state index contributed by atoms with van der Waals surface area (Å²) >= 11 is 3.19. The summed E-state index contributed by atoms with van der Waals surface area (Å²) in [5.74, 6) is -0.552. The summed E-state index contributed by atoms with van der Waals surface area (Å²) in [6.07, 6.45) is 1.89. The lowest BCUT2D eigenvalue weighted by molar-refractivity contribution is 0.0740. The second-order valence-corrected chi connectivity index (χ2v) is 5.10. The molecule has 0 unspecified atom stereocenters. The molecule has 0 saturated carbocycles. The van der Waals surface area contributed by atoms with E-state index in [9.17, 15) is 9.18 Å². The van der Waals surface area contributed by atoms with E-state index >= 15 is 0 Å². The van der Waals surface area contributed by atoms with Crippen LogP contribution in [0.2, 0.25) is 0 Å². The number of benzene rings is 1. The van der Waals surface area contributed by atoms with E-state index in [0.717, 1.165) is 12.8 Å². The molecular weight excluding hydrogens is 287 g/mol. The van der Waals surface area contributed by atoms with Crippen LogP contribution in [0.5, 0.6) is 0 Å². The van der Waals surface area contributed by atoms with Gasteiger partial charge < -0.3 is 10.6 Å². The van der Waals surface area contributed by atoms with Crippen LogP contribution in [0.4, 0.5) is 4.39 Å². The lowest BCUT2D eigenvalue weighted by Gasteiger charge is -2.23. The third-order valence-corrected chi connectivity index (χ3v) is 3.48. The van der Waals surface area contributed by atoms with Crippen molar-refractivity contribution in [1.29, 1.82) is 0 Å². The highest BCUT2D eigenvalue weighted by atomic mass is 79.9. The normalized spacial score (nSPS) is 19.7. The number of likely N-dealkylation sites (tertiary alicyclic amines) is 1. The highest BCUT2D eigenvalue weighted by Crippen LogP contribution is 2.22. The Morgan fingerprint density at radius 2 is 2.29 bits per heavy atom. The second-order valence-electron chi connectivity index (χ2n) is 4.19. The van der Waals surface area contributed by atoms with Gasteiger partial charge in [-0.15, -0.1) is 0 Å². The topological polar surface area (TPSA) is 46.3 Å². The fourth-order valence-electron chi connectivity index (χ4n) is 2.19. The summed E-state index contributed by atoms with van der Waals surface area (Å²) in [6.45, 7) is 1.16. The number of halogens is 2. The first-order valence-corrected chi connectivity index (χ1v) is 6.38. The van der Waals surface area contributed by atoms with Crippen LogP contribution in [0.3, 0.4) is 0 Å². The number of carbonyl (C=O) groups excluding carboxylic acids is 1. The molecule has 1 heterocycles. The van der Waals surface area contributed by atoms with Crippen molar-refractivity contribution in [2.24, 2.45) is 5.73 Å². The first kappa shape index (κ1) is 12.5. The van der Waals surface area contributed by atoms with Crippen molar-refractivity contribution in [3.63, 3.8) is 0 Å². The average Bonchev–Trinajstić information content (AvgIpc) is 2.74. The fraction of sp³-hybridized carbons (Fsp3) is 0.417. The summed E-state index contributed by atoms with van der Waals surface area (Å²) in [5, 5.41) is 0. The van der Waals surface area contributed by atoms with Gasteiger partial charge >= 0.3 is 0 Å². The molecule has 2 rings (SSSR count). The molecule has 0 spiro atoms. The Hall–Kier alpha value is -0.940. The lowest BCUT2D eigenvalue weighted by atomic mass is 10.1. The molecule has 17 heavy (non-hydrogen) atoms. The minimum absolute atomic E-state index is 0.0875. The Bertz CT molecular complexity index is 418. The molecule has 1 aliphatic rings. The monoisotopic (exact) mass is 300 g/mol. The molecule has 1 aromatic rings. The molecule has 92 valence electrons. The van der Waals surface area contributed by atoms with Crippen molar-refractivity contribution in [1.82, 2.24) is 4.90 Å². The third-order valence-electron chi connectivity index (χ3n) is 3.02. The highest BCUT2D eigenvalue weighted by Gasteiger charge is 2.28. The first-order chi connectivity index (χ1) is 8.11. The van der Waals surface area contributed by atoms with Gasteiger partial charge in [0.05, 0.1) is 0 Å². The predicted molar refractivity (Wildman–Crippen MR) is 67.2 cm³/mol. The fourth-order valence-corrected chi connectivity index (χ4v) is 2.66. The molecule has 1 amide bonds. The van der Waals surface area contributed by atoms with Crippen molar-refractivity contribution in [2.45, 2.75) is 18.9 Å². The van der Waals surface area contributed by atoms with Gasteiger partial charge in [0.2, 0.25) is 0 Å². The van der Waals surface area contributed by atoms with Gasteiger partial charge in [-0.25, -0.2) is 4.39 Å². The molecule has 1 aliphatic heterocycles. The minimum Gasteiger partial charge on any atom is -0.334 e. The van der Waals surface area contributed by atoms with E-state index in [0.29, 0.717) is 23.1 Å². The van der Waals surface area contributed by atoms with E-state index in [1.165, 1.54) is 12.1 Å². The van der Waals surface area contributed by atoms with Crippen LogP contribution in [0, 0.1) is 5.82 Å². The number of hydrogen-bond donors (Lipinski definition) is 1. The molecule has 1 atom stereocenters. The third kappa shape index (κ3) is 2.66. The number of rotatable bonds is 2. The van der Waals surface area contributed by atoms with E-state index in [1.807, 2.05) is 0 Å². The molecule has 0 aromatic heterocycles. The molecule has 1 fully saturated rings. The van der Waals surface area contributed by atoms with Gasteiger partial charge in [-0.05, 0) is 31.0 Å². The van der Waals surface area contributed by atoms with Crippen LogP contribution in [-0.2, 0) is 0 Å². The Balaban J connectivity index is 2.24. The Morgan fingerprint density at radius 1 is 1.53 bits per heavy atom. The summed E-state index contributed by atoms with van der Waals surface area (Å²) in [6, 6.07) is 4.32. The van der Waals surface area contributed by atoms with E-state index in [2.05, 4.69) is 15.9 Å². The van der Waals surface area contributed by atoms with Crippen molar-refractivity contribution in [3.8, 4) is 0 Å². The molecule has 0 aliphatic carbocycles. The lowest BCUT2D eigenvalue weighted by Crippen LogP contribution is -2.39. The summed E-state index contributed by atoms with van der Waals surface area (Å²) < 4.78 is 13.8. The van der Waals surface area contributed by atoms with Crippen LogP contribution in [0.15, 0.2) is 22.7 Å². The van der Waals surface area contributed by atoms with Crippen molar-refractivity contribution in [2.75, 3.05) is 13.1 Å². The van der Waals surface area contributed by atoms with Crippen LogP contribution < -0.4 is 5.73 Å². The molecule has 1 aromatic carbocycles. The van der Waals surface area contributed by atoms with E-state index in [4.69, 9.17) is 5.73 Å². The quantitative estimate of drug-likeness (QED) is 0.910. The molecule has 5 heteroatoms. The first-order valence-electron chi connectivity index (χ1n) is 5.59. The van der Waals surface area contributed by atoms with Gasteiger partial charge in [-0.1, -0.05) is 15.9 Å². The standard InChI is InChI=1S/C12H14BrFN2O/c13-9-4-8(5-10(14)6-9)12(17)16-3-1-2-11(16)7-15/h4-6,11H,1-3,7,15H2/t11-/m0/s1. The van der Waals surface area contributed by atoms with Crippen LogP contribution in [0.25, 0.3) is 0 Å². The molecule has 0 bridgehead atoms. The van der Waals surface area contributed by atoms with Crippen LogP contribution in [0.1, 0.15) is 23.2 Å². The Kier molecular flexibility index (Phi) is 3.79. The number of nitrogens with two attached hydrogens (primary N) is 1. The summed E-state index contributed by atoms with van der Waals surface area (Å²) in [5.41, 5.74) is 6.00. The van der Waals surface area contributed by atoms with Gasteiger partial charge in [-0.3, -0.25) is 4.79 Å². The van der Waals surface area contributed by atoms with E-state index in [-0.39, 0.29) is 11.9 Å². The zero-order valence-corrected chi connectivity index (χ0v) is 10.9. The molecule has 2 N–H and O–H groups in total. The van der Waals surface area contributed by atoms with E-state index < -0.39 is 5.82 Å². The Morgan fingerprint density at radius 3 is 2.94 bits per heavy atom. The highest BCUT2D eigenvalue weighted by molar-refractivity contribution is 9.10. The molecule has 1 saturated heterocycles.